The summed E-state index contributed by atoms with van der Waals surface area (Å²) in [5.41, 5.74) is 2.80. The second-order valence-corrected chi connectivity index (χ2v) is 6.12. The summed E-state index contributed by atoms with van der Waals surface area (Å²) >= 11 is 0. The van der Waals surface area contributed by atoms with Crippen molar-refractivity contribution in [2.45, 2.75) is 50.9 Å². The molecule has 2 heteroatoms. The molecule has 21 heavy (non-hydrogen) atoms. The summed E-state index contributed by atoms with van der Waals surface area (Å²) in [6.45, 7) is 2.20. The molecule has 3 rings (SSSR count). The number of hydrogen-bond acceptors (Lipinski definition) is 2. The highest BCUT2D eigenvalue weighted by Crippen LogP contribution is 2.44. The number of benzene rings is 1. The zero-order valence-electron chi connectivity index (χ0n) is 12.6. The van der Waals surface area contributed by atoms with Gasteiger partial charge in [0.1, 0.15) is 0 Å². The van der Waals surface area contributed by atoms with Gasteiger partial charge >= 0.3 is 0 Å². The minimum atomic E-state index is -0.00648. The van der Waals surface area contributed by atoms with Gasteiger partial charge in [0.05, 0.1) is 6.26 Å². The number of rotatable bonds is 5. The maximum atomic E-state index is 12.6. The molecule has 2 nitrogen and oxygen atoms in total. The van der Waals surface area contributed by atoms with Crippen molar-refractivity contribution >= 4 is 5.78 Å². The SMILES string of the molecule is CCCC1(CC(=O)c2ccco2)CCCc2ccccc21. The van der Waals surface area contributed by atoms with Crippen LogP contribution >= 0.6 is 0 Å². The lowest BCUT2D eigenvalue weighted by Crippen LogP contribution is -2.33. The number of hydrogen-bond donors (Lipinski definition) is 0. The monoisotopic (exact) mass is 282 g/mol. The Morgan fingerprint density at radius 1 is 1.24 bits per heavy atom. The van der Waals surface area contributed by atoms with Gasteiger partial charge in [-0.2, -0.15) is 0 Å². The molecular formula is C19H22O2. The van der Waals surface area contributed by atoms with Gasteiger partial charge in [-0.15, -0.1) is 0 Å². The highest BCUT2D eigenvalue weighted by atomic mass is 16.3. The molecule has 0 N–H and O–H groups in total. The summed E-state index contributed by atoms with van der Waals surface area (Å²) in [6, 6.07) is 12.2. The number of furan rings is 1. The number of Topliss-reactive ketones (excluding diaryl/α,β-unsaturated/α-hetero) is 1. The molecule has 0 bridgehead atoms. The molecule has 1 heterocycles. The number of carbonyl (C=O) groups excluding carboxylic acids is 1. The normalized spacial score (nSPS) is 21.0. The van der Waals surface area contributed by atoms with Crippen molar-refractivity contribution in [2.75, 3.05) is 0 Å². The van der Waals surface area contributed by atoms with Crippen LogP contribution in [0.15, 0.2) is 47.1 Å². The summed E-state index contributed by atoms with van der Waals surface area (Å²) in [6.07, 6.45) is 7.71. The molecule has 2 aromatic rings. The van der Waals surface area contributed by atoms with Crippen LogP contribution in [-0.4, -0.2) is 5.78 Å². The fourth-order valence-corrected chi connectivity index (χ4v) is 3.85. The third-order valence-corrected chi connectivity index (χ3v) is 4.71. The van der Waals surface area contributed by atoms with Gasteiger partial charge < -0.3 is 4.42 Å². The Kier molecular flexibility index (Phi) is 3.96. The molecule has 1 unspecified atom stereocenters. The molecule has 0 saturated heterocycles. The van der Waals surface area contributed by atoms with Crippen molar-refractivity contribution in [3.63, 3.8) is 0 Å². The smallest absolute Gasteiger partial charge is 0.198 e. The van der Waals surface area contributed by atoms with E-state index in [2.05, 4.69) is 31.2 Å². The molecule has 0 aliphatic heterocycles. The van der Waals surface area contributed by atoms with Crippen molar-refractivity contribution in [1.29, 1.82) is 0 Å². The molecule has 1 aromatic heterocycles. The molecule has 0 spiro atoms. The zero-order valence-corrected chi connectivity index (χ0v) is 12.6. The van der Waals surface area contributed by atoms with Crippen LogP contribution in [0.5, 0.6) is 0 Å². The highest BCUT2D eigenvalue weighted by molar-refractivity contribution is 5.94. The van der Waals surface area contributed by atoms with Crippen LogP contribution in [0.1, 0.15) is 60.7 Å². The molecule has 0 fully saturated rings. The largest absolute Gasteiger partial charge is 0.461 e. The average molecular weight is 282 g/mol. The molecule has 110 valence electrons. The van der Waals surface area contributed by atoms with Crippen molar-refractivity contribution in [3.05, 3.63) is 59.5 Å². The minimum absolute atomic E-state index is 0.00648. The Morgan fingerprint density at radius 2 is 2.10 bits per heavy atom. The Labute approximate surface area is 126 Å². The lowest BCUT2D eigenvalue weighted by Gasteiger charge is -2.39. The molecule has 0 saturated carbocycles. The van der Waals surface area contributed by atoms with E-state index in [1.165, 1.54) is 17.5 Å². The molecule has 1 atom stereocenters. The van der Waals surface area contributed by atoms with E-state index in [9.17, 15) is 4.79 Å². The van der Waals surface area contributed by atoms with Crippen molar-refractivity contribution in [3.8, 4) is 0 Å². The predicted molar refractivity (Wildman–Crippen MR) is 83.6 cm³/mol. The van der Waals surface area contributed by atoms with Crippen LogP contribution < -0.4 is 0 Å². The van der Waals surface area contributed by atoms with E-state index in [1.54, 1.807) is 18.4 Å². The van der Waals surface area contributed by atoms with E-state index in [0.717, 1.165) is 25.7 Å². The van der Waals surface area contributed by atoms with Crippen LogP contribution in [0, 0.1) is 0 Å². The van der Waals surface area contributed by atoms with Crippen LogP contribution in [0.4, 0.5) is 0 Å². The van der Waals surface area contributed by atoms with Gasteiger partial charge in [0.15, 0.2) is 11.5 Å². The summed E-state index contributed by atoms with van der Waals surface area (Å²) in [5, 5.41) is 0. The second kappa shape index (κ2) is 5.88. The van der Waals surface area contributed by atoms with E-state index in [-0.39, 0.29) is 11.2 Å². The number of carbonyl (C=O) groups is 1. The van der Waals surface area contributed by atoms with Gasteiger partial charge in [0, 0.05) is 11.8 Å². The molecule has 0 amide bonds. The van der Waals surface area contributed by atoms with Gasteiger partial charge in [0.25, 0.3) is 0 Å². The van der Waals surface area contributed by atoms with Gasteiger partial charge in [-0.05, 0) is 48.9 Å². The summed E-state index contributed by atoms with van der Waals surface area (Å²) in [4.78, 5) is 12.6. The fourth-order valence-electron chi connectivity index (χ4n) is 3.85. The molecule has 1 aromatic carbocycles. The Balaban J connectivity index is 1.96. The van der Waals surface area contributed by atoms with Gasteiger partial charge in [-0.25, -0.2) is 0 Å². The first-order valence-electron chi connectivity index (χ1n) is 7.90. The fraction of sp³-hybridized carbons (Fsp3) is 0.421. The van der Waals surface area contributed by atoms with E-state index >= 15 is 0 Å². The molecule has 0 radical (unpaired) electrons. The van der Waals surface area contributed by atoms with E-state index in [1.807, 2.05) is 0 Å². The van der Waals surface area contributed by atoms with Gasteiger partial charge in [0.2, 0.25) is 0 Å². The maximum Gasteiger partial charge on any atom is 0.198 e. The standard InChI is InChI=1S/C19H22O2/c1-2-11-19(14-17(20)18-10-6-13-21-18)12-5-8-15-7-3-4-9-16(15)19/h3-4,6-7,9-10,13H,2,5,8,11-12,14H2,1H3. The van der Waals surface area contributed by atoms with E-state index in [4.69, 9.17) is 4.42 Å². The van der Waals surface area contributed by atoms with Crippen molar-refractivity contribution < 1.29 is 9.21 Å². The molecule has 1 aliphatic carbocycles. The first kappa shape index (κ1) is 14.1. The predicted octanol–water partition coefficient (Wildman–Crippen LogP) is 4.93. The van der Waals surface area contributed by atoms with Crippen molar-refractivity contribution in [2.24, 2.45) is 0 Å². The third-order valence-electron chi connectivity index (χ3n) is 4.71. The third kappa shape index (κ3) is 2.67. The molecule has 1 aliphatic rings. The quantitative estimate of drug-likeness (QED) is 0.728. The average Bonchev–Trinajstić information content (AvgIpc) is 3.02. The first-order valence-corrected chi connectivity index (χ1v) is 7.90. The second-order valence-electron chi connectivity index (χ2n) is 6.12. The van der Waals surface area contributed by atoms with Crippen molar-refractivity contribution in [1.82, 2.24) is 0 Å². The Morgan fingerprint density at radius 3 is 2.86 bits per heavy atom. The zero-order chi connectivity index (χ0) is 14.7. The number of ketones is 1. The van der Waals surface area contributed by atoms with E-state index < -0.39 is 0 Å². The lowest BCUT2D eigenvalue weighted by atomic mass is 9.65. The van der Waals surface area contributed by atoms with Crippen LogP contribution in [-0.2, 0) is 11.8 Å². The Bertz CT molecular complexity index is 612. The van der Waals surface area contributed by atoms with Crippen LogP contribution in [0.3, 0.4) is 0 Å². The van der Waals surface area contributed by atoms with Crippen LogP contribution in [0.25, 0.3) is 0 Å². The Hall–Kier alpha value is -1.83. The van der Waals surface area contributed by atoms with Gasteiger partial charge in [-0.1, -0.05) is 37.6 Å². The van der Waals surface area contributed by atoms with Gasteiger partial charge in [-0.3, -0.25) is 4.79 Å². The highest BCUT2D eigenvalue weighted by Gasteiger charge is 2.38. The summed E-state index contributed by atoms with van der Waals surface area (Å²) in [5.74, 6) is 0.624. The summed E-state index contributed by atoms with van der Waals surface area (Å²) in [7, 11) is 0. The first-order chi connectivity index (χ1) is 10.2. The van der Waals surface area contributed by atoms with E-state index in [0.29, 0.717) is 12.2 Å². The number of fused-ring (bicyclic) bond motifs is 1. The maximum absolute atomic E-state index is 12.6. The lowest BCUT2D eigenvalue weighted by molar-refractivity contribution is 0.0908. The molecular weight excluding hydrogens is 260 g/mol. The topological polar surface area (TPSA) is 30.2 Å². The number of aryl methyl sites for hydroxylation is 1. The van der Waals surface area contributed by atoms with Crippen LogP contribution in [0.2, 0.25) is 0 Å². The minimum Gasteiger partial charge on any atom is -0.461 e. The summed E-state index contributed by atoms with van der Waals surface area (Å²) < 4.78 is 5.30.